The van der Waals surface area contributed by atoms with E-state index in [1.807, 2.05) is 35.2 Å². The van der Waals surface area contributed by atoms with Gasteiger partial charge in [-0.3, -0.25) is 9.69 Å². The third-order valence-electron chi connectivity index (χ3n) is 6.09. The molecule has 3 N–H and O–H groups in total. The Bertz CT molecular complexity index is 1340. The van der Waals surface area contributed by atoms with Gasteiger partial charge in [0, 0.05) is 22.5 Å². The summed E-state index contributed by atoms with van der Waals surface area (Å²) in [5.41, 5.74) is 2.84. The minimum atomic E-state index is -1.16. The van der Waals surface area contributed by atoms with Crippen LogP contribution in [0.3, 0.4) is 0 Å². The molecular formula is C24H17N3O5S. The molecule has 0 radical (unpaired) electrons. The van der Waals surface area contributed by atoms with Crippen LogP contribution >= 0.6 is 11.8 Å². The molecule has 0 saturated carbocycles. The van der Waals surface area contributed by atoms with Crippen LogP contribution in [0, 0.1) is 0 Å². The van der Waals surface area contributed by atoms with Crippen LogP contribution in [0.15, 0.2) is 78.0 Å². The number of rotatable bonds is 3. The summed E-state index contributed by atoms with van der Waals surface area (Å²) in [7, 11) is 0. The highest BCUT2D eigenvalue weighted by Gasteiger charge is 2.64. The predicted molar refractivity (Wildman–Crippen MR) is 123 cm³/mol. The van der Waals surface area contributed by atoms with Crippen LogP contribution in [0.1, 0.15) is 27.6 Å². The molecule has 164 valence electrons. The van der Waals surface area contributed by atoms with Gasteiger partial charge in [0.1, 0.15) is 11.0 Å². The zero-order valence-electron chi connectivity index (χ0n) is 17.0. The number of amides is 1. The lowest BCUT2D eigenvalue weighted by atomic mass is 10.0. The van der Waals surface area contributed by atoms with Crippen molar-refractivity contribution in [3.63, 3.8) is 0 Å². The Labute approximate surface area is 192 Å². The number of para-hydroxylation sites is 2. The van der Waals surface area contributed by atoms with E-state index < -0.39 is 16.9 Å². The van der Waals surface area contributed by atoms with E-state index in [4.69, 9.17) is 4.84 Å². The standard InChI is InChI=1S/C24H17N3O5S/c28-18-8-4-1-5-15(18)19-20-21(26-32-19)27(14-11-9-13(10-12-14)22(29)30)24(33-20)16-6-2-3-7-17(16)25-23(24)31/h1-12,19-20,28H,(H,25,31)(H,29,30). The number of nitrogens with one attached hydrogen (secondary N) is 1. The molecule has 6 rings (SSSR count). The molecule has 3 heterocycles. The highest BCUT2D eigenvalue weighted by atomic mass is 32.2. The fraction of sp³-hybridized carbons (Fsp3) is 0.125. The van der Waals surface area contributed by atoms with E-state index in [-0.39, 0.29) is 22.5 Å². The summed E-state index contributed by atoms with van der Waals surface area (Å²) in [5, 5.41) is 26.7. The van der Waals surface area contributed by atoms with Crippen LogP contribution in [0.5, 0.6) is 5.75 Å². The molecule has 3 atom stereocenters. The maximum atomic E-state index is 13.5. The SMILES string of the molecule is O=C(O)c1ccc(N2C3=NOC(c4ccccc4O)C3SC23C(=O)Nc2ccccc23)cc1. The van der Waals surface area contributed by atoms with E-state index in [1.54, 1.807) is 30.3 Å². The number of aromatic hydroxyl groups is 1. The second kappa shape index (κ2) is 7.01. The van der Waals surface area contributed by atoms with Crippen LogP contribution in [0.2, 0.25) is 0 Å². The summed E-state index contributed by atoms with van der Waals surface area (Å²) in [6.07, 6.45) is -0.591. The van der Waals surface area contributed by atoms with Crippen molar-refractivity contribution in [2.24, 2.45) is 5.16 Å². The first-order chi connectivity index (χ1) is 16.0. The molecule has 3 aromatic carbocycles. The lowest BCUT2D eigenvalue weighted by Gasteiger charge is -2.33. The van der Waals surface area contributed by atoms with Gasteiger partial charge in [0.05, 0.1) is 5.56 Å². The summed E-state index contributed by atoms with van der Waals surface area (Å²) < 4.78 is 0. The Morgan fingerprint density at radius 2 is 1.79 bits per heavy atom. The second-order valence-corrected chi connectivity index (χ2v) is 9.24. The Hall–Kier alpha value is -3.98. The van der Waals surface area contributed by atoms with Gasteiger partial charge in [-0.25, -0.2) is 4.79 Å². The molecule has 3 unspecified atom stereocenters. The molecule has 3 aliphatic rings. The highest BCUT2D eigenvalue weighted by molar-refractivity contribution is 8.03. The average Bonchev–Trinajstić information content (AvgIpc) is 3.45. The van der Waals surface area contributed by atoms with Crippen molar-refractivity contribution in [1.29, 1.82) is 0 Å². The Balaban J connectivity index is 1.52. The molecule has 33 heavy (non-hydrogen) atoms. The van der Waals surface area contributed by atoms with Gasteiger partial charge in [0.25, 0.3) is 5.91 Å². The molecule has 1 saturated heterocycles. The van der Waals surface area contributed by atoms with Crippen molar-refractivity contribution in [3.8, 4) is 5.75 Å². The summed E-state index contributed by atoms with van der Waals surface area (Å²) in [4.78, 5) is 31.3. The Kier molecular flexibility index (Phi) is 4.18. The van der Waals surface area contributed by atoms with Gasteiger partial charge in [0.2, 0.25) is 4.87 Å². The quantitative estimate of drug-likeness (QED) is 0.545. The molecule has 0 aromatic heterocycles. The van der Waals surface area contributed by atoms with Crippen molar-refractivity contribution >= 4 is 40.8 Å². The Morgan fingerprint density at radius 1 is 1.06 bits per heavy atom. The molecular weight excluding hydrogens is 442 g/mol. The number of anilines is 2. The van der Waals surface area contributed by atoms with Crippen molar-refractivity contribution in [3.05, 3.63) is 89.5 Å². The summed E-state index contributed by atoms with van der Waals surface area (Å²) in [6, 6.07) is 20.7. The first kappa shape index (κ1) is 19.7. The van der Waals surface area contributed by atoms with E-state index in [2.05, 4.69) is 10.5 Å². The van der Waals surface area contributed by atoms with Crippen LogP contribution in [-0.2, 0) is 14.5 Å². The number of amidine groups is 1. The molecule has 1 spiro atoms. The number of hydrogen-bond acceptors (Lipinski definition) is 7. The number of carboxylic acids is 1. The van der Waals surface area contributed by atoms with E-state index in [0.29, 0.717) is 22.8 Å². The summed E-state index contributed by atoms with van der Waals surface area (Å²) in [6.45, 7) is 0. The first-order valence-corrected chi connectivity index (χ1v) is 11.1. The third kappa shape index (κ3) is 2.69. The normalized spacial score (nSPS) is 24.8. The summed E-state index contributed by atoms with van der Waals surface area (Å²) >= 11 is 1.40. The molecule has 0 aliphatic carbocycles. The zero-order chi connectivity index (χ0) is 22.7. The number of carboxylic acid groups (broad SMARTS) is 1. The largest absolute Gasteiger partial charge is 0.508 e. The van der Waals surface area contributed by atoms with E-state index in [0.717, 1.165) is 5.56 Å². The number of carbonyl (C=O) groups is 2. The number of aromatic carboxylic acids is 1. The molecule has 3 aliphatic heterocycles. The number of benzene rings is 3. The maximum Gasteiger partial charge on any atom is 0.335 e. The van der Waals surface area contributed by atoms with Crippen molar-refractivity contribution in [2.45, 2.75) is 16.2 Å². The van der Waals surface area contributed by atoms with Crippen LogP contribution in [-0.4, -0.2) is 33.2 Å². The number of thioether (sulfide) groups is 1. The number of carbonyl (C=O) groups excluding carboxylic acids is 1. The van der Waals surface area contributed by atoms with E-state index in [1.165, 1.54) is 23.9 Å². The van der Waals surface area contributed by atoms with E-state index in [9.17, 15) is 19.8 Å². The minimum Gasteiger partial charge on any atom is -0.508 e. The van der Waals surface area contributed by atoms with Crippen molar-refractivity contribution in [2.75, 3.05) is 10.2 Å². The molecule has 0 bridgehead atoms. The van der Waals surface area contributed by atoms with E-state index >= 15 is 0 Å². The van der Waals surface area contributed by atoms with Gasteiger partial charge < -0.3 is 20.4 Å². The highest BCUT2D eigenvalue weighted by Crippen LogP contribution is 2.60. The number of fused-ring (bicyclic) bond motifs is 3. The maximum absolute atomic E-state index is 13.5. The number of hydrogen-bond donors (Lipinski definition) is 3. The monoisotopic (exact) mass is 459 g/mol. The van der Waals surface area contributed by atoms with Gasteiger partial charge >= 0.3 is 5.97 Å². The zero-order valence-corrected chi connectivity index (χ0v) is 17.8. The number of phenolic OH excluding ortho intramolecular Hbond substituents is 1. The smallest absolute Gasteiger partial charge is 0.335 e. The predicted octanol–water partition coefficient (Wildman–Crippen LogP) is 3.90. The van der Waals surface area contributed by atoms with Crippen molar-refractivity contribution in [1.82, 2.24) is 0 Å². The van der Waals surface area contributed by atoms with Crippen LogP contribution < -0.4 is 10.2 Å². The van der Waals surface area contributed by atoms with Gasteiger partial charge in [-0.2, -0.15) is 0 Å². The van der Waals surface area contributed by atoms with Crippen LogP contribution in [0.25, 0.3) is 0 Å². The van der Waals surface area contributed by atoms with Gasteiger partial charge in [-0.05, 0) is 36.4 Å². The first-order valence-electron chi connectivity index (χ1n) is 10.2. The van der Waals surface area contributed by atoms with Gasteiger partial charge in [0.15, 0.2) is 11.9 Å². The van der Waals surface area contributed by atoms with Crippen molar-refractivity contribution < 1.29 is 24.6 Å². The van der Waals surface area contributed by atoms with Gasteiger partial charge in [-0.15, -0.1) is 11.8 Å². The fourth-order valence-corrected chi connectivity index (χ4v) is 6.31. The number of oxime groups is 1. The number of nitrogens with zero attached hydrogens (tertiary/aromatic N) is 2. The lowest BCUT2D eigenvalue weighted by molar-refractivity contribution is -0.117. The topological polar surface area (TPSA) is 111 Å². The average molecular weight is 459 g/mol. The lowest BCUT2D eigenvalue weighted by Crippen LogP contribution is -2.47. The fourth-order valence-electron chi connectivity index (χ4n) is 4.60. The van der Waals surface area contributed by atoms with Crippen LogP contribution in [0.4, 0.5) is 11.4 Å². The number of phenols is 1. The molecule has 3 aromatic rings. The van der Waals surface area contributed by atoms with Gasteiger partial charge in [-0.1, -0.05) is 41.6 Å². The molecule has 1 fully saturated rings. The molecule has 1 amide bonds. The second-order valence-electron chi connectivity index (χ2n) is 7.90. The molecule has 9 heteroatoms. The Morgan fingerprint density at radius 3 is 2.55 bits per heavy atom. The third-order valence-corrected chi connectivity index (χ3v) is 7.74. The minimum absolute atomic E-state index is 0.0918. The molecule has 8 nitrogen and oxygen atoms in total. The summed E-state index contributed by atoms with van der Waals surface area (Å²) in [5.74, 6) is -0.628.